The van der Waals surface area contributed by atoms with Crippen LogP contribution in [-0.2, 0) is 4.79 Å². The molecule has 0 bridgehead atoms. The lowest BCUT2D eigenvalue weighted by atomic mass is 10.2. The fraction of sp³-hybridized carbons (Fsp3) is 0.500. The lowest BCUT2D eigenvalue weighted by molar-refractivity contribution is -0.122. The smallest absolute Gasteiger partial charge is 0.243 e. The minimum Gasteiger partial charge on any atom is -0.357 e. The quantitative estimate of drug-likeness (QED) is 0.713. The second kappa shape index (κ2) is 5.58. The average molecular weight is 347 g/mol. The molecule has 1 aliphatic rings. The van der Waals surface area contributed by atoms with E-state index in [4.69, 9.17) is 0 Å². The summed E-state index contributed by atoms with van der Waals surface area (Å²) in [5, 5.41) is 5.91. The highest BCUT2D eigenvalue weighted by Crippen LogP contribution is 2.21. The molecule has 0 aromatic carbocycles. The summed E-state index contributed by atoms with van der Waals surface area (Å²) >= 11 is 2.19. The van der Waals surface area contributed by atoms with Crippen LogP contribution in [0.4, 0.5) is 5.82 Å². The van der Waals surface area contributed by atoms with E-state index in [0.29, 0.717) is 6.54 Å². The molecule has 0 radical (unpaired) electrons. The highest BCUT2D eigenvalue weighted by molar-refractivity contribution is 14.1. The lowest BCUT2D eigenvalue weighted by Gasteiger charge is -2.36. The molecule has 1 atom stereocenters. The molecule has 6 nitrogen and oxygen atoms in total. The number of hydrogen-bond donors (Lipinski definition) is 2. The van der Waals surface area contributed by atoms with Gasteiger partial charge in [0.2, 0.25) is 5.91 Å². The van der Waals surface area contributed by atoms with Gasteiger partial charge < -0.3 is 15.5 Å². The van der Waals surface area contributed by atoms with E-state index in [1.165, 1.54) is 6.33 Å². The molecule has 1 aliphatic heterocycles. The van der Waals surface area contributed by atoms with Crippen LogP contribution in [0.5, 0.6) is 0 Å². The van der Waals surface area contributed by atoms with Crippen LogP contribution in [0.3, 0.4) is 0 Å². The summed E-state index contributed by atoms with van der Waals surface area (Å²) in [5.74, 6) is 0.835. The van der Waals surface area contributed by atoms with E-state index in [-0.39, 0.29) is 11.9 Å². The van der Waals surface area contributed by atoms with Crippen LogP contribution in [-0.4, -0.2) is 48.6 Å². The second-order valence-electron chi connectivity index (χ2n) is 3.72. The summed E-state index contributed by atoms with van der Waals surface area (Å²) in [5.41, 5.74) is 0. The minimum absolute atomic E-state index is 0.00612. The van der Waals surface area contributed by atoms with Crippen molar-refractivity contribution in [1.29, 1.82) is 0 Å². The van der Waals surface area contributed by atoms with Crippen LogP contribution in [0, 0.1) is 3.57 Å². The third-order valence-electron chi connectivity index (χ3n) is 2.71. The number of hydrogen-bond acceptors (Lipinski definition) is 5. The fourth-order valence-corrected chi connectivity index (χ4v) is 2.49. The monoisotopic (exact) mass is 347 g/mol. The summed E-state index contributed by atoms with van der Waals surface area (Å²) in [7, 11) is 1.65. The molecule has 0 spiro atoms. The van der Waals surface area contributed by atoms with Gasteiger partial charge in [0, 0.05) is 32.9 Å². The first kappa shape index (κ1) is 12.5. The molecule has 1 fully saturated rings. The van der Waals surface area contributed by atoms with Crippen LogP contribution >= 0.6 is 22.6 Å². The number of amides is 1. The topological polar surface area (TPSA) is 70.2 Å². The Kier molecular flexibility index (Phi) is 4.11. The molecule has 17 heavy (non-hydrogen) atoms. The zero-order valence-electron chi connectivity index (χ0n) is 9.48. The van der Waals surface area contributed by atoms with Crippen molar-refractivity contribution in [3.8, 4) is 0 Å². The van der Waals surface area contributed by atoms with Gasteiger partial charge in [-0.3, -0.25) is 4.79 Å². The largest absolute Gasteiger partial charge is 0.357 e. The van der Waals surface area contributed by atoms with Gasteiger partial charge in [0.1, 0.15) is 18.2 Å². The summed E-state index contributed by atoms with van der Waals surface area (Å²) in [4.78, 5) is 22.1. The molecular formula is C10H14IN5O. The van der Waals surface area contributed by atoms with Crippen LogP contribution < -0.4 is 15.5 Å². The molecule has 1 amide bonds. The number of nitrogens with one attached hydrogen (secondary N) is 2. The molecule has 2 heterocycles. The average Bonchev–Trinajstić information content (AvgIpc) is 2.38. The van der Waals surface area contributed by atoms with E-state index in [0.717, 1.165) is 22.5 Å². The van der Waals surface area contributed by atoms with Crippen molar-refractivity contribution in [2.24, 2.45) is 0 Å². The van der Waals surface area contributed by atoms with Gasteiger partial charge >= 0.3 is 0 Å². The lowest BCUT2D eigenvalue weighted by Crippen LogP contribution is -2.58. The maximum Gasteiger partial charge on any atom is 0.243 e. The predicted molar refractivity (Wildman–Crippen MR) is 72.8 cm³/mol. The predicted octanol–water partition coefficient (Wildman–Crippen LogP) is -0.395. The molecular weight excluding hydrogens is 333 g/mol. The van der Waals surface area contributed by atoms with Gasteiger partial charge in [-0.05, 0) is 22.6 Å². The van der Waals surface area contributed by atoms with Gasteiger partial charge in [0.25, 0.3) is 0 Å². The second-order valence-corrected chi connectivity index (χ2v) is 4.88. The fourth-order valence-electron chi connectivity index (χ4n) is 1.88. The normalized spacial score (nSPS) is 20.1. The van der Waals surface area contributed by atoms with Crippen molar-refractivity contribution < 1.29 is 4.79 Å². The highest BCUT2D eigenvalue weighted by Gasteiger charge is 2.29. The van der Waals surface area contributed by atoms with Gasteiger partial charge in [0.05, 0.1) is 3.57 Å². The molecule has 0 saturated carbocycles. The van der Waals surface area contributed by atoms with Crippen molar-refractivity contribution in [1.82, 2.24) is 20.6 Å². The molecule has 0 aliphatic carbocycles. The Morgan fingerprint density at radius 1 is 1.71 bits per heavy atom. The Morgan fingerprint density at radius 3 is 3.24 bits per heavy atom. The SMILES string of the molecule is CNC(=O)C1CNCCN1c1ncncc1I. The number of anilines is 1. The number of carbonyl (C=O) groups is 1. The van der Waals surface area contributed by atoms with Crippen LogP contribution in [0.25, 0.3) is 0 Å². The van der Waals surface area contributed by atoms with E-state index in [9.17, 15) is 4.79 Å². The Bertz CT molecular complexity index is 413. The first-order valence-corrected chi connectivity index (χ1v) is 6.46. The number of likely N-dealkylation sites (N-methyl/N-ethyl adjacent to an activating group) is 1. The van der Waals surface area contributed by atoms with Gasteiger partial charge in [-0.25, -0.2) is 9.97 Å². The standard InChI is InChI=1S/C10H14IN5O/c1-12-10(17)8-5-13-2-3-16(8)9-7(11)4-14-6-15-9/h4,6,8,13H,2-3,5H2,1H3,(H,12,17). The molecule has 1 saturated heterocycles. The minimum atomic E-state index is -0.211. The maximum atomic E-state index is 11.8. The van der Waals surface area contributed by atoms with E-state index >= 15 is 0 Å². The Balaban J connectivity index is 2.28. The van der Waals surface area contributed by atoms with Crippen LogP contribution in [0.1, 0.15) is 0 Å². The number of rotatable bonds is 2. The third-order valence-corrected chi connectivity index (χ3v) is 3.47. The number of halogens is 1. The third kappa shape index (κ3) is 2.65. The first-order valence-electron chi connectivity index (χ1n) is 5.38. The van der Waals surface area contributed by atoms with Gasteiger partial charge in [-0.2, -0.15) is 0 Å². The van der Waals surface area contributed by atoms with Crippen molar-refractivity contribution in [2.45, 2.75) is 6.04 Å². The zero-order valence-corrected chi connectivity index (χ0v) is 11.6. The van der Waals surface area contributed by atoms with Crippen LogP contribution in [0.2, 0.25) is 0 Å². The zero-order chi connectivity index (χ0) is 12.3. The molecule has 92 valence electrons. The van der Waals surface area contributed by atoms with E-state index in [2.05, 4.69) is 43.2 Å². The van der Waals surface area contributed by atoms with Gasteiger partial charge in [-0.1, -0.05) is 0 Å². The van der Waals surface area contributed by atoms with E-state index < -0.39 is 0 Å². The summed E-state index contributed by atoms with van der Waals surface area (Å²) in [6, 6.07) is -0.211. The number of piperazine rings is 1. The molecule has 7 heteroatoms. The molecule has 1 aromatic rings. The molecule has 2 rings (SSSR count). The van der Waals surface area contributed by atoms with Crippen LogP contribution in [0.15, 0.2) is 12.5 Å². The van der Waals surface area contributed by atoms with Crippen molar-refractivity contribution in [2.75, 3.05) is 31.6 Å². The molecule has 1 aromatic heterocycles. The van der Waals surface area contributed by atoms with Crippen molar-refractivity contribution >= 4 is 34.3 Å². The highest BCUT2D eigenvalue weighted by atomic mass is 127. The molecule has 2 N–H and O–H groups in total. The first-order chi connectivity index (χ1) is 8.24. The Morgan fingerprint density at radius 2 is 2.53 bits per heavy atom. The Hall–Kier alpha value is -0.960. The van der Waals surface area contributed by atoms with Gasteiger partial charge in [0.15, 0.2) is 0 Å². The summed E-state index contributed by atoms with van der Waals surface area (Å²) in [6.45, 7) is 2.26. The molecule has 1 unspecified atom stereocenters. The number of aromatic nitrogens is 2. The maximum absolute atomic E-state index is 11.8. The number of carbonyl (C=O) groups excluding carboxylic acids is 1. The van der Waals surface area contributed by atoms with E-state index in [1.54, 1.807) is 13.2 Å². The summed E-state index contributed by atoms with van der Waals surface area (Å²) < 4.78 is 0.959. The van der Waals surface area contributed by atoms with Crippen molar-refractivity contribution in [3.05, 3.63) is 16.1 Å². The number of nitrogens with zero attached hydrogens (tertiary/aromatic N) is 3. The Labute approximate surface area is 113 Å². The van der Waals surface area contributed by atoms with Gasteiger partial charge in [-0.15, -0.1) is 0 Å². The van der Waals surface area contributed by atoms with E-state index in [1.807, 2.05) is 4.90 Å². The summed E-state index contributed by atoms with van der Waals surface area (Å²) in [6.07, 6.45) is 3.27. The van der Waals surface area contributed by atoms with Crippen molar-refractivity contribution in [3.63, 3.8) is 0 Å².